The van der Waals surface area contributed by atoms with E-state index in [-0.39, 0.29) is 54.7 Å². The smallest absolute Gasteiger partial charge is 0.421 e. The molecule has 1 saturated carbocycles. The number of Topliss-reactive ketones (excluding diaryl/α,β-unsaturated/α-hetero) is 1. The zero-order valence-electron chi connectivity index (χ0n) is 24.7. The lowest BCUT2D eigenvalue weighted by Gasteiger charge is -2.33. The molecule has 0 spiro atoms. The molecule has 1 saturated heterocycles. The first-order chi connectivity index (χ1) is 20.6. The fraction of sp³-hybridized carbons (Fsp3) is 0.586. The van der Waals surface area contributed by atoms with Gasteiger partial charge in [0.25, 0.3) is 5.91 Å². The minimum atomic E-state index is -4.69. The summed E-state index contributed by atoms with van der Waals surface area (Å²) in [7, 11) is 4.92. The van der Waals surface area contributed by atoms with E-state index in [0.717, 1.165) is 45.0 Å². The summed E-state index contributed by atoms with van der Waals surface area (Å²) in [5.41, 5.74) is -0.208. The van der Waals surface area contributed by atoms with Crippen LogP contribution in [0.4, 0.5) is 30.6 Å². The number of hydrogen-bond donors (Lipinski definition) is 4. The minimum Gasteiger partial charge on any atom is -0.495 e. The number of methoxy groups -OCH3 is 2. The largest absolute Gasteiger partial charge is 0.495 e. The minimum absolute atomic E-state index is 0.0373. The van der Waals surface area contributed by atoms with Crippen LogP contribution in [0.3, 0.4) is 0 Å². The Labute approximate surface area is 249 Å². The zero-order chi connectivity index (χ0) is 31.0. The number of likely N-dealkylation sites (tertiary alicyclic amines) is 1. The third-order valence-corrected chi connectivity index (χ3v) is 7.81. The molecule has 0 bridgehead atoms. The fourth-order valence-electron chi connectivity index (χ4n) is 5.42. The van der Waals surface area contributed by atoms with Crippen molar-refractivity contribution < 1.29 is 32.2 Å². The predicted molar refractivity (Wildman–Crippen MR) is 156 cm³/mol. The number of carbonyl (C=O) groups is 2. The number of ketones is 1. The summed E-state index contributed by atoms with van der Waals surface area (Å²) >= 11 is 0. The second-order valence-corrected chi connectivity index (χ2v) is 11.0. The molecule has 1 aliphatic heterocycles. The van der Waals surface area contributed by atoms with E-state index in [1.54, 1.807) is 18.2 Å². The molecule has 2 atom stereocenters. The Morgan fingerprint density at radius 1 is 1.07 bits per heavy atom. The molecular weight excluding hydrogens is 567 g/mol. The summed E-state index contributed by atoms with van der Waals surface area (Å²) in [6, 6.07) is 4.26. The van der Waals surface area contributed by atoms with E-state index in [1.807, 2.05) is 7.05 Å². The molecule has 2 aromatic rings. The SMILES string of the molecule is COCC(=O)CN[C@@H]1CCCC[C@H]1Nc1nc(Nc2ccc(C(=O)NC3CCN(C)CC3)cc2OC)ncc1C(F)(F)F. The van der Waals surface area contributed by atoms with Gasteiger partial charge >= 0.3 is 6.18 Å². The first kappa shape index (κ1) is 32.4. The molecule has 2 heterocycles. The van der Waals surface area contributed by atoms with E-state index >= 15 is 0 Å². The van der Waals surface area contributed by atoms with Crippen molar-refractivity contribution in [3.05, 3.63) is 35.5 Å². The van der Waals surface area contributed by atoms with Gasteiger partial charge in [-0.15, -0.1) is 0 Å². The molecule has 236 valence electrons. The van der Waals surface area contributed by atoms with Crippen molar-refractivity contribution in [1.29, 1.82) is 0 Å². The molecule has 11 nitrogen and oxygen atoms in total. The van der Waals surface area contributed by atoms with E-state index in [2.05, 4.69) is 36.1 Å². The molecule has 43 heavy (non-hydrogen) atoms. The number of amides is 1. The number of halogens is 3. The maximum atomic E-state index is 13.9. The van der Waals surface area contributed by atoms with Gasteiger partial charge in [-0.2, -0.15) is 18.2 Å². The second-order valence-electron chi connectivity index (χ2n) is 11.0. The maximum Gasteiger partial charge on any atom is 0.421 e. The molecule has 1 aliphatic carbocycles. The maximum absolute atomic E-state index is 13.9. The lowest BCUT2D eigenvalue weighted by molar-refractivity contribution is -0.137. The topological polar surface area (TPSA) is 130 Å². The Morgan fingerprint density at radius 2 is 1.79 bits per heavy atom. The highest BCUT2D eigenvalue weighted by Crippen LogP contribution is 2.36. The number of nitrogens with zero attached hydrogens (tertiary/aromatic N) is 3. The summed E-state index contributed by atoms with van der Waals surface area (Å²) in [5, 5.41) is 12.1. The van der Waals surface area contributed by atoms with Crippen LogP contribution in [0.25, 0.3) is 0 Å². The van der Waals surface area contributed by atoms with Crippen LogP contribution in [0.1, 0.15) is 54.4 Å². The van der Waals surface area contributed by atoms with Crippen molar-refractivity contribution in [3.8, 4) is 5.75 Å². The van der Waals surface area contributed by atoms with Crippen molar-refractivity contribution >= 4 is 29.1 Å². The number of hydrogen-bond acceptors (Lipinski definition) is 10. The van der Waals surface area contributed by atoms with Crippen LogP contribution >= 0.6 is 0 Å². The van der Waals surface area contributed by atoms with Crippen LogP contribution in [0.15, 0.2) is 24.4 Å². The summed E-state index contributed by atoms with van der Waals surface area (Å²) in [4.78, 5) is 35.1. The molecule has 1 amide bonds. The second kappa shape index (κ2) is 14.8. The summed E-state index contributed by atoms with van der Waals surface area (Å²) in [6.07, 6.45) is 0.805. The van der Waals surface area contributed by atoms with Gasteiger partial charge in [0.2, 0.25) is 5.95 Å². The molecule has 0 radical (unpaired) electrons. The lowest BCUT2D eigenvalue weighted by Crippen LogP contribution is -2.48. The molecule has 2 aliphatic rings. The first-order valence-corrected chi connectivity index (χ1v) is 14.5. The third-order valence-electron chi connectivity index (χ3n) is 7.81. The Kier molecular flexibility index (Phi) is 11.2. The highest BCUT2D eigenvalue weighted by molar-refractivity contribution is 5.95. The van der Waals surface area contributed by atoms with Gasteiger partial charge in [-0.1, -0.05) is 12.8 Å². The normalized spacial score (nSPS) is 20.0. The molecule has 0 unspecified atom stereocenters. The summed E-state index contributed by atoms with van der Waals surface area (Å²) < 4.78 is 52.2. The fourth-order valence-corrected chi connectivity index (χ4v) is 5.42. The Hall–Kier alpha value is -3.49. The Balaban J connectivity index is 1.50. The summed E-state index contributed by atoms with van der Waals surface area (Å²) in [5.74, 6) is -0.494. The van der Waals surface area contributed by atoms with Gasteiger partial charge in [-0.25, -0.2) is 4.98 Å². The molecular formula is C29H40F3N7O4. The highest BCUT2D eigenvalue weighted by Gasteiger charge is 2.37. The van der Waals surface area contributed by atoms with E-state index in [1.165, 1.54) is 14.2 Å². The van der Waals surface area contributed by atoms with Crippen molar-refractivity contribution in [1.82, 2.24) is 25.5 Å². The number of ether oxygens (including phenoxy) is 2. The van der Waals surface area contributed by atoms with Crippen molar-refractivity contribution in [2.45, 2.75) is 62.8 Å². The van der Waals surface area contributed by atoms with Crippen LogP contribution in [-0.4, -0.2) is 92.2 Å². The van der Waals surface area contributed by atoms with Crippen molar-refractivity contribution in [2.75, 3.05) is 58.1 Å². The van der Waals surface area contributed by atoms with Crippen LogP contribution in [-0.2, 0) is 15.7 Å². The lowest BCUT2D eigenvalue weighted by atomic mass is 9.90. The van der Waals surface area contributed by atoms with Gasteiger partial charge in [-0.05, 0) is 64.0 Å². The number of rotatable bonds is 12. The van der Waals surface area contributed by atoms with Gasteiger partial charge in [-0.3, -0.25) is 9.59 Å². The number of nitrogens with one attached hydrogen (secondary N) is 4. The average Bonchev–Trinajstić information content (AvgIpc) is 2.97. The van der Waals surface area contributed by atoms with E-state index in [9.17, 15) is 22.8 Å². The van der Waals surface area contributed by atoms with Crippen molar-refractivity contribution in [3.63, 3.8) is 0 Å². The number of alkyl halides is 3. The van der Waals surface area contributed by atoms with E-state index in [0.29, 0.717) is 29.8 Å². The zero-order valence-corrected chi connectivity index (χ0v) is 24.7. The molecule has 2 fully saturated rings. The molecule has 4 rings (SSSR count). The van der Waals surface area contributed by atoms with Gasteiger partial charge in [0.15, 0.2) is 5.78 Å². The number of carbonyl (C=O) groups excluding carboxylic acids is 2. The highest BCUT2D eigenvalue weighted by atomic mass is 19.4. The van der Waals surface area contributed by atoms with Gasteiger partial charge < -0.3 is 35.6 Å². The Morgan fingerprint density at radius 3 is 2.47 bits per heavy atom. The average molecular weight is 608 g/mol. The van der Waals surface area contributed by atoms with E-state index in [4.69, 9.17) is 9.47 Å². The van der Waals surface area contributed by atoms with Gasteiger partial charge in [0, 0.05) is 37.0 Å². The first-order valence-electron chi connectivity index (χ1n) is 14.5. The number of benzene rings is 1. The standard InChI is InChI=1S/C29H40F3N7O4/c1-39-12-10-19(11-13-39)35-27(41)18-8-9-24(25(14-18)43-3)37-28-34-16-21(29(30,31)32)26(38-28)36-23-7-5-4-6-22(23)33-15-20(40)17-42-2/h8-9,14,16,19,22-23,33H,4-7,10-13,15,17H2,1-3H3,(H,35,41)(H2,34,36,37,38)/t22-,23-/m1/s1. The Bertz CT molecular complexity index is 1260. The van der Waals surface area contributed by atoms with Gasteiger partial charge in [0.05, 0.1) is 19.3 Å². The van der Waals surface area contributed by atoms with Gasteiger partial charge in [0.1, 0.15) is 23.7 Å². The molecule has 1 aromatic carbocycles. The predicted octanol–water partition coefficient (Wildman–Crippen LogP) is 3.60. The van der Waals surface area contributed by atoms with E-state index < -0.39 is 11.7 Å². The number of piperidine rings is 1. The van der Waals surface area contributed by atoms with Crippen LogP contribution in [0, 0.1) is 0 Å². The quantitative estimate of drug-likeness (QED) is 0.284. The van der Waals surface area contributed by atoms with Crippen LogP contribution in [0.2, 0.25) is 0 Å². The monoisotopic (exact) mass is 607 g/mol. The third kappa shape index (κ3) is 9.00. The number of anilines is 3. The number of aromatic nitrogens is 2. The van der Waals surface area contributed by atoms with Crippen molar-refractivity contribution in [2.24, 2.45) is 0 Å². The molecule has 14 heteroatoms. The van der Waals surface area contributed by atoms with Crippen LogP contribution < -0.4 is 26.0 Å². The molecule has 4 N–H and O–H groups in total. The summed E-state index contributed by atoms with van der Waals surface area (Å²) in [6.45, 7) is 1.84. The molecule has 1 aromatic heterocycles. The van der Waals surface area contributed by atoms with Crippen LogP contribution in [0.5, 0.6) is 5.75 Å².